The average molecular weight is 509 g/mol. The molecule has 0 radical (unpaired) electrons. The van der Waals surface area contributed by atoms with Gasteiger partial charge in [0.1, 0.15) is 6.10 Å². The molecule has 1 N–H and O–H groups in total. The molecule has 1 saturated carbocycles. The summed E-state index contributed by atoms with van der Waals surface area (Å²) in [6.07, 6.45) is 0.697. The Hall–Kier alpha value is -4.39. The zero-order chi connectivity index (χ0) is 26.4. The number of carbonyl (C=O) groups is 2. The van der Waals surface area contributed by atoms with E-state index in [0.717, 1.165) is 39.1 Å². The number of carbonyl (C=O) groups excluding carboxylic acids is 1. The van der Waals surface area contributed by atoms with E-state index in [2.05, 4.69) is 5.16 Å². The maximum absolute atomic E-state index is 12.8. The van der Waals surface area contributed by atoms with Crippen LogP contribution < -0.4 is 0 Å². The molecular formula is C31H28N2O5. The molecule has 0 spiro atoms. The number of cyclic esters (lactones) is 1. The molecule has 2 atom stereocenters. The Morgan fingerprint density at radius 3 is 2.18 bits per heavy atom. The van der Waals surface area contributed by atoms with E-state index in [9.17, 15) is 14.7 Å². The molecule has 2 fully saturated rings. The van der Waals surface area contributed by atoms with Gasteiger partial charge in [-0.1, -0.05) is 84.0 Å². The van der Waals surface area contributed by atoms with Gasteiger partial charge in [0.25, 0.3) is 0 Å². The number of hydrogen-bond acceptors (Lipinski definition) is 5. The van der Waals surface area contributed by atoms with Crippen molar-refractivity contribution in [3.8, 4) is 22.5 Å². The fourth-order valence-corrected chi connectivity index (χ4v) is 5.32. The van der Waals surface area contributed by atoms with Crippen molar-refractivity contribution < 1.29 is 24.0 Å². The van der Waals surface area contributed by atoms with Gasteiger partial charge in [-0.25, -0.2) is 4.79 Å². The zero-order valence-electron chi connectivity index (χ0n) is 21.3. The van der Waals surface area contributed by atoms with Crippen molar-refractivity contribution in [2.24, 2.45) is 0 Å². The van der Waals surface area contributed by atoms with E-state index >= 15 is 0 Å². The van der Waals surface area contributed by atoms with Crippen molar-refractivity contribution in [1.82, 2.24) is 10.1 Å². The molecule has 7 nitrogen and oxygen atoms in total. The second kappa shape index (κ2) is 9.17. The largest absolute Gasteiger partial charge is 0.481 e. The van der Waals surface area contributed by atoms with Crippen LogP contribution in [0.1, 0.15) is 48.3 Å². The highest BCUT2D eigenvalue weighted by atomic mass is 16.6. The summed E-state index contributed by atoms with van der Waals surface area (Å²) in [7, 11) is 0. The Morgan fingerprint density at radius 1 is 0.974 bits per heavy atom. The van der Waals surface area contributed by atoms with Crippen LogP contribution in [0.3, 0.4) is 0 Å². The summed E-state index contributed by atoms with van der Waals surface area (Å²) in [4.78, 5) is 26.1. The molecule has 1 saturated heterocycles. The summed E-state index contributed by atoms with van der Waals surface area (Å²) in [5.74, 6) is -0.121. The highest BCUT2D eigenvalue weighted by Gasteiger charge is 2.51. The van der Waals surface area contributed by atoms with Gasteiger partial charge < -0.3 is 14.4 Å². The monoisotopic (exact) mass is 508 g/mol. The lowest BCUT2D eigenvalue weighted by Gasteiger charge is -2.21. The summed E-state index contributed by atoms with van der Waals surface area (Å²) in [6.45, 7) is 4.21. The van der Waals surface area contributed by atoms with E-state index in [1.807, 2.05) is 92.7 Å². The predicted molar refractivity (Wildman–Crippen MR) is 141 cm³/mol. The third kappa shape index (κ3) is 4.04. The number of amides is 1. The van der Waals surface area contributed by atoms with Crippen LogP contribution in [-0.4, -0.2) is 33.3 Å². The molecule has 38 heavy (non-hydrogen) atoms. The van der Waals surface area contributed by atoms with E-state index < -0.39 is 11.4 Å². The Morgan fingerprint density at radius 2 is 1.58 bits per heavy atom. The SMILES string of the molecule is Cc1noc(-c2ccc(-c3ccc(C4(C(=O)O)CC4)cc3)cc2)c1CN1C(=O)O[C@H](c2ccccc2)[C@@H]1C. The number of hydrogen-bond donors (Lipinski definition) is 1. The Labute approximate surface area is 220 Å². The van der Waals surface area contributed by atoms with Crippen LogP contribution in [0.15, 0.2) is 83.4 Å². The standard InChI is InChI=1S/C31H28N2O5/c1-19-26(18-33-20(2)27(37-30(33)36)23-6-4-3-5-7-23)28(38-32-19)24-10-8-21(9-11-24)22-12-14-25(15-13-22)31(16-17-31)29(34)35/h3-15,20,27H,16-18H2,1-2H3,(H,34,35)/t20-,27-/m0/s1. The molecule has 3 aromatic carbocycles. The van der Waals surface area contributed by atoms with Gasteiger partial charge in [-0.2, -0.15) is 0 Å². The average Bonchev–Trinajstić information content (AvgIpc) is 3.62. The zero-order valence-corrected chi connectivity index (χ0v) is 21.3. The molecular weight excluding hydrogens is 480 g/mol. The van der Waals surface area contributed by atoms with Crippen LogP contribution in [0.2, 0.25) is 0 Å². The molecule has 6 rings (SSSR count). The number of aromatic nitrogens is 1. The van der Waals surface area contributed by atoms with Gasteiger partial charge in [-0.3, -0.25) is 9.69 Å². The van der Waals surface area contributed by atoms with Gasteiger partial charge in [-0.15, -0.1) is 0 Å². The fourth-order valence-electron chi connectivity index (χ4n) is 5.32. The van der Waals surface area contributed by atoms with Crippen LogP contribution >= 0.6 is 0 Å². The fraction of sp³-hybridized carbons (Fsp3) is 0.258. The molecule has 4 aromatic rings. The van der Waals surface area contributed by atoms with E-state index in [4.69, 9.17) is 9.26 Å². The second-order valence-electron chi connectivity index (χ2n) is 10.2. The number of carboxylic acids is 1. The molecule has 0 unspecified atom stereocenters. The van der Waals surface area contributed by atoms with E-state index in [1.165, 1.54) is 0 Å². The van der Waals surface area contributed by atoms with E-state index in [1.54, 1.807) is 4.90 Å². The van der Waals surface area contributed by atoms with Gasteiger partial charge >= 0.3 is 12.1 Å². The topological polar surface area (TPSA) is 92.9 Å². The summed E-state index contributed by atoms with van der Waals surface area (Å²) in [5, 5.41) is 13.7. The van der Waals surface area contributed by atoms with Crippen molar-refractivity contribution in [2.75, 3.05) is 0 Å². The smallest absolute Gasteiger partial charge is 0.411 e. The van der Waals surface area contributed by atoms with Crippen molar-refractivity contribution in [3.63, 3.8) is 0 Å². The molecule has 192 valence electrons. The summed E-state index contributed by atoms with van der Waals surface area (Å²) >= 11 is 0. The summed E-state index contributed by atoms with van der Waals surface area (Å²) in [5.41, 5.74) is 5.59. The third-order valence-corrected chi connectivity index (χ3v) is 7.91. The molecule has 0 bridgehead atoms. The third-order valence-electron chi connectivity index (χ3n) is 7.91. The summed E-state index contributed by atoms with van der Waals surface area (Å²) < 4.78 is 11.4. The lowest BCUT2D eigenvalue weighted by molar-refractivity contribution is -0.140. The molecule has 7 heteroatoms. The van der Waals surface area contributed by atoms with Crippen LogP contribution in [-0.2, 0) is 21.5 Å². The Balaban J connectivity index is 1.22. The van der Waals surface area contributed by atoms with Crippen molar-refractivity contribution in [1.29, 1.82) is 0 Å². The maximum atomic E-state index is 12.8. The molecule has 1 aromatic heterocycles. The number of aryl methyl sites for hydroxylation is 1. The molecule has 2 heterocycles. The number of nitrogens with zero attached hydrogens (tertiary/aromatic N) is 2. The number of rotatable bonds is 7. The number of benzene rings is 3. The lowest BCUT2D eigenvalue weighted by atomic mass is 9.93. The summed E-state index contributed by atoms with van der Waals surface area (Å²) in [6, 6.07) is 25.4. The van der Waals surface area contributed by atoms with Gasteiger partial charge in [0, 0.05) is 11.1 Å². The molecule has 1 aliphatic carbocycles. The van der Waals surface area contributed by atoms with Crippen molar-refractivity contribution >= 4 is 12.1 Å². The Bertz CT molecular complexity index is 1490. The minimum atomic E-state index is -0.750. The predicted octanol–water partition coefficient (Wildman–Crippen LogP) is 6.52. The van der Waals surface area contributed by atoms with Crippen LogP contribution in [0.5, 0.6) is 0 Å². The first-order valence-corrected chi connectivity index (χ1v) is 12.8. The first kappa shape index (κ1) is 24.0. The quantitative estimate of drug-likeness (QED) is 0.306. The van der Waals surface area contributed by atoms with Gasteiger partial charge in [-0.05, 0) is 48.9 Å². The Kier molecular flexibility index (Phi) is 5.79. The van der Waals surface area contributed by atoms with E-state index in [0.29, 0.717) is 25.1 Å². The molecule has 2 aliphatic rings. The van der Waals surface area contributed by atoms with Gasteiger partial charge in [0.15, 0.2) is 5.76 Å². The van der Waals surface area contributed by atoms with E-state index in [-0.39, 0.29) is 18.2 Å². The molecule has 1 amide bonds. The van der Waals surface area contributed by atoms with Crippen LogP contribution in [0.25, 0.3) is 22.5 Å². The number of ether oxygens (including phenoxy) is 1. The van der Waals surface area contributed by atoms with Crippen molar-refractivity contribution in [3.05, 3.63) is 101 Å². The highest BCUT2D eigenvalue weighted by molar-refractivity contribution is 5.85. The molecule has 1 aliphatic heterocycles. The first-order chi connectivity index (χ1) is 18.4. The first-order valence-electron chi connectivity index (χ1n) is 12.8. The van der Waals surface area contributed by atoms with Crippen molar-refractivity contribution in [2.45, 2.75) is 50.8 Å². The number of aliphatic carboxylic acids is 1. The lowest BCUT2D eigenvalue weighted by Crippen LogP contribution is -2.31. The minimum absolute atomic E-state index is 0.145. The normalized spacial score (nSPS) is 19.8. The number of carboxylic acid groups (broad SMARTS) is 1. The highest BCUT2D eigenvalue weighted by Crippen LogP contribution is 2.48. The second-order valence-corrected chi connectivity index (χ2v) is 10.2. The van der Waals surface area contributed by atoms with Gasteiger partial charge in [0.05, 0.1) is 23.7 Å². The van der Waals surface area contributed by atoms with Crippen LogP contribution in [0.4, 0.5) is 4.79 Å². The van der Waals surface area contributed by atoms with Gasteiger partial charge in [0.2, 0.25) is 0 Å². The maximum Gasteiger partial charge on any atom is 0.411 e. The van der Waals surface area contributed by atoms with Crippen LogP contribution in [0, 0.1) is 6.92 Å². The minimum Gasteiger partial charge on any atom is -0.481 e.